The lowest BCUT2D eigenvalue weighted by Crippen LogP contribution is -2.37. The first-order valence-corrected chi connectivity index (χ1v) is 5.00. The molecule has 1 fully saturated rings. The fraction of sp³-hybridized carbons (Fsp3) is 0.900. The topological polar surface area (TPSA) is 47.6 Å². The molecule has 0 aromatic rings. The highest BCUT2D eigenvalue weighted by molar-refractivity contribution is 5.72. The molecule has 1 unspecified atom stereocenters. The van der Waals surface area contributed by atoms with Crippen LogP contribution in [-0.2, 0) is 14.3 Å². The molecule has 0 aliphatic carbocycles. The molecule has 0 aromatic heterocycles. The molecule has 1 heterocycles. The zero-order valence-corrected chi connectivity index (χ0v) is 9.13. The third-order valence-electron chi connectivity index (χ3n) is 1.88. The Bertz CT molecular complexity index is 192. The van der Waals surface area contributed by atoms with Gasteiger partial charge in [-0.3, -0.25) is 4.79 Å². The van der Waals surface area contributed by atoms with Crippen LogP contribution in [0.25, 0.3) is 0 Å². The van der Waals surface area contributed by atoms with Gasteiger partial charge in [0.25, 0.3) is 0 Å². The lowest BCUT2D eigenvalue weighted by molar-refractivity contribution is -0.153. The molecule has 0 spiro atoms. The highest BCUT2D eigenvalue weighted by atomic mass is 16.6. The molecule has 0 amide bonds. The zero-order valence-electron chi connectivity index (χ0n) is 9.13. The fourth-order valence-electron chi connectivity index (χ4n) is 1.30. The summed E-state index contributed by atoms with van der Waals surface area (Å²) in [5, 5.41) is 3.10. The normalized spacial score (nSPS) is 22.4. The second-order valence-corrected chi connectivity index (χ2v) is 4.53. The van der Waals surface area contributed by atoms with Crippen molar-refractivity contribution in [3.05, 3.63) is 0 Å². The van der Waals surface area contributed by atoms with Gasteiger partial charge in [-0.2, -0.15) is 0 Å². The zero-order chi connectivity index (χ0) is 10.6. The average molecular weight is 201 g/mol. The predicted octanol–water partition coefficient (Wildman–Crippen LogP) is 0.707. The number of hydrogen-bond acceptors (Lipinski definition) is 4. The fourth-order valence-corrected chi connectivity index (χ4v) is 1.30. The second kappa shape index (κ2) is 4.75. The van der Waals surface area contributed by atoms with Gasteiger partial charge in [-0.25, -0.2) is 0 Å². The molecule has 1 saturated heterocycles. The highest BCUT2D eigenvalue weighted by Gasteiger charge is 2.19. The van der Waals surface area contributed by atoms with E-state index in [0.29, 0.717) is 12.6 Å². The number of carbonyl (C=O) groups excluding carboxylic acids is 1. The van der Waals surface area contributed by atoms with E-state index in [1.165, 1.54) is 0 Å². The molecular weight excluding hydrogens is 182 g/mol. The quantitative estimate of drug-likeness (QED) is 0.683. The Hall–Kier alpha value is -0.610. The standard InChI is InChI=1S/C10H19NO3/c1-10(2,3)14-9(12)6-11-8-4-5-13-7-8/h8,11H,4-7H2,1-3H3. The van der Waals surface area contributed by atoms with Crippen LogP contribution in [0.15, 0.2) is 0 Å². The van der Waals surface area contributed by atoms with Crippen molar-refractivity contribution in [2.75, 3.05) is 19.8 Å². The first kappa shape index (κ1) is 11.5. The first-order chi connectivity index (χ1) is 6.47. The molecule has 1 N–H and O–H groups in total. The van der Waals surface area contributed by atoms with E-state index in [2.05, 4.69) is 5.32 Å². The average Bonchev–Trinajstić information content (AvgIpc) is 2.49. The van der Waals surface area contributed by atoms with E-state index in [1.54, 1.807) is 0 Å². The van der Waals surface area contributed by atoms with Crippen molar-refractivity contribution in [3.63, 3.8) is 0 Å². The molecule has 4 nitrogen and oxygen atoms in total. The van der Waals surface area contributed by atoms with E-state index in [9.17, 15) is 4.79 Å². The maximum absolute atomic E-state index is 11.3. The van der Waals surface area contributed by atoms with Gasteiger partial charge in [0.2, 0.25) is 0 Å². The molecule has 1 aliphatic heterocycles. The minimum absolute atomic E-state index is 0.204. The van der Waals surface area contributed by atoms with Crippen LogP contribution in [-0.4, -0.2) is 37.4 Å². The molecule has 1 rings (SSSR count). The largest absolute Gasteiger partial charge is 0.459 e. The van der Waals surface area contributed by atoms with Gasteiger partial charge in [0.1, 0.15) is 5.60 Å². The van der Waals surface area contributed by atoms with E-state index in [1.807, 2.05) is 20.8 Å². The molecular formula is C10H19NO3. The highest BCUT2D eigenvalue weighted by Crippen LogP contribution is 2.07. The van der Waals surface area contributed by atoms with Crippen LogP contribution in [0.5, 0.6) is 0 Å². The minimum Gasteiger partial charge on any atom is -0.459 e. The summed E-state index contributed by atoms with van der Waals surface area (Å²) < 4.78 is 10.3. The van der Waals surface area contributed by atoms with Crippen LogP contribution >= 0.6 is 0 Å². The molecule has 14 heavy (non-hydrogen) atoms. The molecule has 0 saturated carbocycles. The van der Waals surface area contributed by atoms with Gasteiger partial charge < -0.3 is 14.8 Å². The summed E-state index contributed by atoms with van der Waals surface area (Å²) in [4.78, 5) is 11.3. The third-order valence-corrected chi connectivity index (χ3v) is 1.88. The van der Waals surface area contributed by atoms with E-state index in [0.717, 1.165) is 13.0 Å². The predicted molar refractivity (Wildman–Crippen MR) is 53.1 cm³/mol. The van der Waals surface area contributed by atoms with Crippen molar-refractivity contribution >= 4 is 5.97 Å². The van der Waals surface area contributed by atoms with Crippen LogP contribution in [0.3, 0.4) is 0 Å². The Morgan fingerprint density at radius 1 is 1.57 bits per heavy atom. The molecule has 82 valence electrons. The van der Waals surface area contributed by atoms with Crippen molar-refractivity contribution < 1.29 is 14.3 Å². The van der Waals surface area contributed by atoms with Gasteiger partial charge in [0.15, 0.2) is 0 Å². The first-order valence-electron chi connectivity index (χ1n) is 5.00. The van der Waals surface area contributed by atoms with Crippen molar-refractivity contribution in [2.24, 2.45) is 0 Å². The summed E-state index contributed by atoms with van der Waals surface area (Å²) in [6, 6.07) is 0.308. The Labute approximate surface area is 85.0 Å². The van der Waals surface area contributed by atoms with E-state index >= 15 is 0 Å². The summed E-state index contributed by atoms with van der Waals surface area (Å²) in [6.45, 7) is 7.34. The number of rotatable bonds is 3. The number of nitrogens with one attached hydrogen (secondary N) is 1. The minimum atomic E-state index is -0.398. The smallest absolute Gasteiger partial charge is 0.320 e. The maximum atomic E-state index is 11.3. The summed E-state index contributed by atoms with van der Waals surface area (Å²) in [6.07, 6.45) is 0.975. The summed E-state index contributed by atoms with van der Waals surface area (Å²) >= 11 is 0. The van der Waals surface area contributed by atoms with Crippen molar-refractivity contribution in [1.82, 2.24) is 5.32 Å². The molecule has 0 aromatic carbocycles. The maximum Gasteiger partial charge on any atom is 0.320 e. The van der Waals surface area contributed by atoms with Gasteiger partial charge in [0, 0.05) is 12.6 Å². The van der Waals surface area contributed by atoms with Crippen LogP contribution in [0, 0.1) is 0 Å². The van der Waals surface area contributed by atoms with Gasteiger partial charge in [-0.05, 0) is 27.2 Å². The monoisotopic (exact) mass is 201 g/mol. The second-order valence-electron chi connectivity index (χ2n) is 4.53. The number of ether oxygens (including phenoxy) is 2. The van der Waals surface area contributed by atoms with Gasteiger partial charge in [-0.15, -0.1) is 0 Å². The van der Waals surface area contributed by atoms with Crippen LogP contribution in [0.1, 0.15) is 27.2 Å². The van der Waals surface area contributed by atoms with Crippen molar-refractivity contribution in [1.29, 1.82) is 0 Å². The summed E-state index contributed by atoms with van der Waals surface area (Å²) in [5.41, 5.74) is -0.398. The summed E-state index contributed by atoms with van der Waals surface area (Å²) in [7, 11) is 0. The van der Waals surface area contributed by atoms with Crippen LogP contribution in [0.2, 0.25) is 0 Å². The van der Waals surface area contributed by atoms with E-state index in [-0.39, 0.29) is 12.5 Å². The van der Waals surface area contributed by atoms with Crippen molar-refractivity contribution in [3.8, 4) is 0 Å². The Balaban J connectivity index is 2.14. The number of esters is 1. The molecule has 0 bridgehead atoms. The Kier molecular flexibility index (Phi) is 3.89. The lowest BCUT2D eigenvalue weighted by atomic mass is 10.2. The van der Waals surface area contributed by atoms with E-state index < -0.39 is 5.60 Å². The van der Waals surface area contributed by atoms with Gasteiger partial charge >= 0.3 is 5.97 Å². The Morgan fingerprint density at radius 3 is 2.79 bits per heavy atom. The van der Waals surface area contributed by atoms with Crippen LogP contribution in [0.4, 0.5) is 0 Å². The van der Waals surface area contributed by atoms with Crippen LogP contribution < -0.4 is 5.32 Å². The number of hydrogen-bond donors (Lipinski definition) is 1. The molecule has 1 aliphatic rings. The number of carbonyl (C=O) groups is 1. The molecule has 1 atom stereocenters. The summed E-state index contributed by atoms with van der Waals surface area (Å²) in [5.74, 6) is -0.204. The Morgan fingerprint density at radius 2 is 2.29 bits per heavy atom. The SMILES string of the molecule is CC(C)(C)OC(=O)CNC1CCOC1. The molecule has 4 heteroatoms. The lowest BCUT2D eigenvalue weighted by Gasteiger charge is -2.20. The van der Waals surface area contributed by atoms with Gasteiger partial charge in [-0.1, -0.05) is 0 Å². The van der Waals surface area contributed by atoms with E-state index in [4.69, 9.17) is 9.47 Å². The van der Waals surface area contributed by atoms with Gasteiger partial charge in [0.05, 0.1) is 13.2 Å². The molecule has 0 radical (unpaired) electrons. The van der Waals surface area contributed by atoms with Crippen molar-refractivity contribution in [2.45, 2.75) is 38.8 Å². The third kappa shape index (κ3) is 4.58.